The summed E-state index contributed by atoms with van der Waals surface area (Å²) >= 11 is 0. The Labute approximate surface area is 386 Å². The Morgan fingerprint density at radius 3 is 1.13 bits per heavy atom. The van der Waals surface area contributed by atoms with Crippen LogP contribution in [0.2, 0.25) is 0 Å². The molecule has 0 rings (SSSR count). The molecule has 0 spiro atoms. The van der Waals surface area contributed by atoms with Gasteiger partial charge in [-0.3, -0.25) is 14.4 Å². The van der Waals surface area contributed by atoms with Gasteiger partial charge in [-0.25, -0.2) is 0 Å². The van der Waals surface area contributed by atoms with Crippen molar-refractivity contribution in [3.63, 3.8) is 0 Å². The third-order valence-corrected chi connectivity index (χ3v) is 9.96. The van der Waals surface area contributed by atoms with E-state index in [-0.39, 0.29) is 31.6 Å². The molecule has 0 aliphatic rings. The first-order chi connectivity index (χ1) is 31.0. The summed E-state index contributed by atoms with van der Waals surface area (Å²) in [5, 5.41) is 0. The molecule has 0 aliphatic carbocycles. The number of unbranched alkanes of at least 4 members (excludes halogenated alkanes) is 13. The molecule has 354 valence electrons. The van der Waals surface area contributed by atoms with Crippen LogP contribution >= 0.6 is 0 Å². The van der Waals surface area contributed by atoms with Crippen LogP contribution in [-0.2, 0) is 28.6 Å². The lowest BCUT2D eigenvalue weighted by Crippen LogP contribution is -2.30. The molecule has 0 aromatic carbocycles. The summed E-state index contributed by atoms with van der Waals surface area (Å²) in [5.41, 5.74) is 0. The van der Waals surface area contributed by atoms with Crippen molar-refractivity contribution in [3.8, 4) is 0 Å². The summed E-state index contributed by atoms with van der Waals surface area (Å²) in [6.07, 6.45) is 69.3. The number of rotatable bonds is 43. The van der Waals surface area contributed by atoms with Gasteiger partial charge in [0.2, 0.25) is 0 Å². The van der Waals surface area contributed by atoms with Crippen molar-refractivity contribution in [2.45, 2.75) is 207 Å². The summed E-state index contributed by atoms with van der Waals surface area (Å²) in [6, 6.07) is 0. The second kappa shape index (κ2) is 50.5. The first kappa shape index (κ1) is 58.8. The van der Waals surface area contributed by atoms with Gasteiger partial charge in [0.05, 0.1) is 6.42 Å². The Kier molecular flexibility index (Phi) is 47.1. The van der Waals surface area contributed by atoms with E-state index >= 15 is 0 Å². The van der Waals surface area contributed by atoms with E-state index < -0.39 is 12.1 Å². The van der Waals surface area contributed by atoms with Crippen LogP contribution in [0.25, 0.3) is 0 Å². The number of carbonyl (C=O) groups is 3. The molecule has 1 atom stereocenters. The predicted octanol–water partition coefficient (Wildman–Crippen LogP) is 16.5. The maximum Gasteiger partial charge on any atom is 0.309 e. The highest BCUT2D eigenvalue weighted by atomic mass is 16.6. The first-order valence-electron chi connectivity index (χ1n) is 25.0. The fraction of sp³-hybridized carbons (Fsp3) is 0.596. The molecule has 6 heteroatoms. The molecular formula is C57H90O6. The highest BCUT2D eigenvalue weighted by Gasteiger charge is 2.19. The van der Waals surface area contributed by atoms with Crippen LogP contribution in [0.5, 0.6) is 0 Å². The molecule has 0 amide bonds. The number of hydrogen-bond acceptors (Lipinski definition) is 6. The van der Waals surface area contributed by atoms with Crippen LogP contribution in [0, 0.1) is 0 Å². The molecule has 0 bridgehead atoms. The summed E-state index contributed by atoms with van der Waals surface area (Å²) in [6.45, 7) is 6.22. The van der Waals surface area contributed by atoms with Crippen LogP contribution < -0.4 is 0 Å². The molecular weight excluding hydrogens is 781 g/mol. The number of esters is 3. The molecule has 0 radical (unpaired) electrons. The van der Waals surface area contributed by atoms with Crippen molar-refractivity contribution in [3.05, 3.63) is 122 Å². The minimum atomic E-state index is -0.834. The van der Waals surface area contributed by atoms with Crippen LogP contribution in [0.1, 0.15) is 201 Å². The van der Waals surface area contributed by atoms with Gasteiger partial charge in [-0.2, -0.15) is 0 Å². The van der Waals surface area contributed by atoms with Crippen molar-refractivity contribution in [2.75, 3.05) is 13.2 Å². The lowest BCUT2D eigenvalue weighted by molar-refractivity contribution is -0.166. The minimum absolute atomic E-state index is 0.122. The molecule has 0 heterocycles. The van der Waals surface area contributed by atoms with E-state index in [1.165, 1.54) is 44.9 Å². The molecule has 0 fully saturated rings. The van der Waals surface area contributed by atoms with Gasteiger partial charge in [-0.15, -0.1) is 0 Å². The molecule has 63 heavy (non-hydrogen) atoms. The minimum Gasteiger partial charge on any atom is -0.462 e. The monoisotopic (exact) mass is 871 g/mol. The van der Waals surface area contributed by atoms with E-state index in [2.05, 4.69) is 130 Å². The zero-order valence-electron chi connectivity index (χ0n) is 40.3. The van der Waals surface area contributed by atoms with Gasteiger partial charge in [0.25, 0.3) is 0 Å². The van der Waals surface area contributed by atoms with Gasteiger partial charge < -0.3 is 14.2 Å². The molecule has 0 aromatic heterocycles. The zero-order chi connectivity index (χ0) is 45.8. The Morgan fingerprint density at radius 1 is 0.349 bits per heavy atom. The van der Waals surface area contributed by atoms with E-state index in [1.54, 1.807) is 6.08 Å². The van der Waals surface area contributed by atoms with Gasteiger partial charge in [0.1, 0.15) is 13.2 Å². The lowest BCUT2D eigenvalue weighted by atomic mass is 10.1. The van der Waals surface area contributed by atoms with E-state index in [0.29, 0.717) is 12.8 Å². The Bertz CT molecular complexity index is 1370. The van der Waals surface area contributed by atoms with Crippen LogP contribution in [0.15, 0.2) is 122 Å². The fourth-order valence-corrected chi connectivity index (χ4v) is 6.26. The van der Waals surface area contributed by atoms with Crippen molar-refractivity contribution >= 4 is 17.9 Å². The largest absolute Gasteiger partial charge is 0.462 e. The van der Waals surface area contributed by atoms with Crippen molar-refractivity contribution < 1.29 is 28.6 Å². The summed E-state index contributed by atoms with van der Waals surface area (Å²) in [7, 11) is 0. The number of ether oxygens (including phenoxy) is 3. The summed E-state index contributed by atoms with van der Waals surface area (Å²) < 4.78 is 16.6. The quantitative estimate of drug-likeness (QED) is 0.0263. The highest BCUT2D eigenvalue weighted by molar-refractivity contribution is 5.72. The zero-order valence-corrected chi connectivity index (χ0v) is 40.3. The van der Waals surface area contributed by atoms with Crippen LogP contribution in [-0.4, -0.2) is 37.2 Å². The van der Waals surface area contributed by atoms with Crippen molar-refractivity contribution in [2.24, 2.45) is 0 Å². The van der Waals surface area contributed by atoms with Crippen molar-refractivity contribution in [1.82, 2.24) is 0 Å². The molecule has 0 saturated carbocycles. The molecule has 0 aliphatic heterocycles. The number of carbonyl (C=O) groups excluding carboxylic acids is 3. The highest BCUT2D eigenvalue weighted by Crippen LogP contribution is 2.12. The lowest BCUT2D eigenvalue weighted by Gasteiger charge is -2.18. The third kappa shape index (κ3) is 48.7. The van der Waals surface area contributed by atoms with Gasteiger partial charge >= 0.3 is 17.9 Å². The van der Waals surface area contributed by atoms with Gasteiger partial charge in [0.15, 0.2) is 6.10 Å². The van der Waals surface area contributed by atoms with Gasteiger partial charge in [0, 0.05) is 12.8 Å². The smallest absolute Gasteiger partial charge is 0.309 e. The predicted molar refractivity (Wildman–Crippen MR) is 269 cm³/mol. The molecule has 0 saturated heterocycles. The Balaban J connectivity index is 4.47. The average molecular weight is 871 g/mol. The van der Waals surface area contributed by atoms with E-state index in [9.17, 15) is 14.4 Å². The maximum atomic E-state index is 12.8. The SMILES string of the molecule is CC/C=C\C/C=C\C/C=C\C/C=C\C/C=C\CCCCCC(=O)OCC(COC(=O)C/C=C\C/C=C\C/C=C\CC)OC(=O)CCCCCCCCC/C=C\C/C=C\CCCCC. The van der Waals surface area contributed by atoms with Crippen molar-refractivity contribution in [1.29, 1.82) is 0 Å². The van der Waals surface area contributed by atoms with E-state index in [4.69, 9.17) is 14.2 Å². The molecule has 0 N–H and O–H groups in total. The molecule has 1 unspecified atom stereocenters. The number of allylic oxidation sites excluding steroid dienone is 19. The number of hydrogen-bond donors (Lipinski definition) is 0. The average Bonchev–Trinajstić information content (AvgIpc) is 3.28. The van der Waals surface area contributed by atoms with Crippen LogP contribution in [0.3, 0.4) is 0 Å². The molecule has 0 aromatic rings. The third-order valence-electron chi connectivity index (χ3n) is 9.96. The first-order valence-corrected chi connectivity index (χ1v) is 25.0. The van der Waals surface area contributed by atoms with E-state index in [1.807, 2.05) is 6.08 Å². The standard InChI is InChI=1S/C57H90O6/c1-4-7-10-13-16-19-21-23-25-27-28-30-31-33-35-38-41-44-47-50-56(59)62-53-54(52-61-55(58)49-46-43-40-37-18-15-12-9-6-3)63-57(60)51-48-45-42-39-36-34-32-29-26-24-22-20-17-14-11-8-5-2/h7,9-10,12,16-20,23-26,28,30,33,35,37,43,46,54H,4-6,8,11,13-15,21-22,27,29,31-32,34,36,38-42,44-45,47-53H2,1-3H3/b10-7-,12-9-,19-16-,20-17-,25-23-,26-24-,30-28-,35-33-,37-18-,46-43-. The topological polar surface area (TPSA) is 78.9 Å². The summed E-state index contributed by atoms with van der Waals surface area (Å²) in [5.74, 6) is -1.10. The fourth-order valence-electron chi connectivity index (χ4n) is 6.26. The van der Waals surface area contributed by atoms with Crippen LogP contribution in [0.4, 0.5) is 0 Å². The van der Waals surface area contributed by atoms with Gasteiger partial charge in [-0.1, -0.05) is 194 Å². The normalized spacial score (nSPS) is 13.1. The second-order valence-corrected chi connectivity index (χ2v) is 16.0. The van der Waals surface area contributed by atoms with E-state index in [0.717, 1.165) is 116 Å². The van der Waals surface area contributed by atoms with Gasteiger partial charge in [-0.05, 0) is 109 Å². The second-order valence-electron chi connectivity index (χ2n) is 16.0. The summed E-state index contributed by atoms with van der Waals surface area (Å²) in [4.78, 5) is 37.8. The Hall–Kier alpha value is -4.19. The Morgan fingerprint density at radius 2 is 0.683 bits per heavy atom. The molecule has 6 nitrogen and oxygen atoms in total. The maximum absolute atomic E-state index is 12.8.